The number of hydrogen-bond acceptors (Lipinski definition) is 4. The van der Waals surface area contributed by atoms with Crippen LogP contribution in [-0.2, 0) is 4.74 Å². The monoisotopic (exact) mass is 234 g/mol. The summed E-state index contributed by atoms with van der Waals surface area (Å²) in [6, 6.07) is 1.89. The number of carbonyl (C=O) groups is 1. The average molecular weight is 234 g/mol. The second-order valence-electron chi connectivity index (χ2n) is 4.45. The van der Waals surface area contributed by atoms with Crippen molar-refractivity contribution < 1.29 is 9.53 Å². The molecule has 0 amide bonds. The molecule has 0 aromatic carbocycles. The lowest BCUT2D eigenvalue weighted by Crippen LogP contribution is -2.37. The van der Waals surface area contributed by atoms with E-state index in [0.717, 1.165) is 43.6 Å². The summed E-state index contributed by atoms with van der Waals surface area (Å²) in [5.74, 6) is 0.991. The van der Waals surface area contributed by atoms with Crippen molar-refractivity contribution in [2.45, 2.75) is 25.9 Å². The molecule has 1 saturated heterocycles. The predicted octanol–water partition coefficient (Wildman–Crippen LogP) is 1.82. The number of pyridine rings is 1. The van der Waals surface area contributed by atoms with Crippen LogP contribution >= 0.6 is 0 Å². The van der Waals surface area contributed by atoms with Gasteiger partial charge in [-0.25, -0.2) is 4.98 Å². The predicted molar refractivity (Wildman–Crippen MR) is 66.6 cm³/mol. The molecule has 0 spiro atoms. The number of methoxy groups -OCH3 is 1. The van der Waals surface area contributed by atoms with E-state index in [2.05, 4.69) is 9.88 Å². The molecule has 4 nitrogen and oxygen atoms in total. The van der Waals surface area contributed by atoms with Crippen LogP contribution in [0, 0.1) is 6.92 Å². The fourth-order valence-corrected chi connectivity index (χ4v) is 2.29. The van der Waals surface area contributed by atoms with Gasteiger partial charge in [0, 0.05) is 32.0 Å². The summed E-state index contributed by atoms with van der Waals surface area (Å²) < 4.78 is 5.35. The highest BCUT2D eigenvalue weighted by Crippen LogP contribution is 2.22. The van der Waals surface area contributed by atoms with Crippen molar-refractivity contribution in [3.05, 3.63) is 23.4 Å². The Bertz CT molecular complexity index is 398. The first-order chi connectivity index (χ1) is 8.24. The van der Waals surface area contributed by atoms with E-state index in [1.165, 1.54) is 0 Å². The summed E-state index contributed by atoms with van der Waals surface area (Å²) in [6.07, 6.45) is 4.92. The van der Waals surface area contributed by atoms with Crippen LogP contribution in [0.1, 0.15) is 28.8 Å². The Labute approximate surface area is 102 Å². The smallest absolute Gasteiger partial charge is 0.151 e. The van der Waals surface area contributed by atoms with Crippen molar-refractivity contribution in [3.8, 4) is 0 Å². The molecule has 1 aromatic heterocycles. The molecule has 0 aliphatic carbocycles. The number of carbonyl (C=O) groups excluding carboxylic acids is 1. The molecule has 0 atom stereocenters. The van der Waals surface area contributed by atoms with Gasteiger partial charge in [0.05, 0.1) is 6.10 Å². The van der Waals surface area contributed by atoms with Crippen LogP contribution in [-0.4, -0.2) is 37.6 Å². The molecule has 0 bridgehead atoms. The number of nitrogens with zero attached hydrogens (tertiary/aromatic N) is 2. The molecular weight excluding hydrogens is 216 g/mol. The van der Waals surface area contributed by atoms with Crippen LogP contribution in [0.3, 0.4) is 0 Å². The highest BCUT2D eigenvalue weighted by Gasteiger charge is 2.20. The summed E-state index contributed by atoms with van der Waals surface area (Å²) in [6.45, 7) is 3.93. The zero-order valence-electron chi connectivity index (χ0n) is 10.3. The van der Waals surface area contributed by atoms with Crippen LogP contribution in [0.25, 0.3) is 0 Å². The number of anilines is 1. The first kappa shape index (κ1) is 12.0. The van der Waals surface area contributed by atoms with Crippen molar-refractivity contribution in [3.63, 3.8) is 0 Å². The topological polar surface area (TPSA) is 42.4 Å². The van der Waals surface area contributed by atoms with E-state index in [0.29, 0.717) is 11.7 Å². The number of aryl methyl sites for hydroxylation is 1. The Hall–Kier alpha value is -1.42. The molecule has 0 saturated carbocycles. The Morgan fingerprint density at radius 2 is 2.18 bits per heavy atom. The van der Waals surface area contributed by atoms with Crippen molar-refractivity contribution >= 4 is 12.1 Å². The Morgan fingerprint density at radius 3 is 2.71 bits per heavy atom. The molecule has 0 radical (unpaired) electrons. The van der Waals surface area contributed by atoms with Crippen molar-refractivity contribution in [2.24, 2.45) is 0 Å². The maximum atomic E-state index is 10.7. The number of aromatic nitrogens is 1. The third-order valence-corrected chi connectivity index (χ3v) is 3.28. The minimum atomic E-state index is 0.376. The van der Waals surface area contributed by atoms with E-state index in [9.17, 15) is 4.79 Å². The van der Waals surface area contributed by atoms with Crippen LogP contribution < -0.4 is 4.90 Å². The molecule has 1 aliphatic rings. The van der Waals surface area contributed by atoms with E-state index in [1.807, 2.05) is 13.0 Å². The van der Waals surface area contributed by atoms with Crippen molar-refractivity contribution in [1.29, 1.82) is 0 Å². The Kier molecular flexibility index (Phi) is 3.74. The minimum Gasteiger partial charge on any atom is -0.381 e. The number of piperidine rings is 1. The van der Waals surface area contributed by atoms with E-state index < -0.39 is 0 Å². The average Bonchev–Trinajstić information content (AvgIpc) is 2.39. The zero-order valence-corrected chi connectivity index (χ0v) is 10.3. The standard InChI is InChI=1S/C13H18N2O2/c1-10-7-11(9-16)8-14-13(10)15-5-3-12(17-2)4-6-15/h7-9,12H,3-6H2,1-2H3. The van der Waals surface area contributed by atoms with E-state index >= 15 is 0 Å². The summed E-state index contributed by atoms with van der Waals surface area (Å²) in [5.41, 5.74) is 1.70. The van der Waals surface area contributed by atoms with Gasteiger partial charge in [-0.1, -0.05) is 0 Å². The van der Waals surface area contributed by atoms with Gasteiger partial charge < -0.3 is 9.64 Å². The summed E-state index contributed by atoms with van der Waals surface area (Å²) in [7, 11) is 1.77. The maximum Gasteiger partial charge on any atom is 0.151 e. The van der Waals surface area contributed by atoms with Gasteiger partial charge >= 0.3 is 0 Å². The van der Waals surface area contributed by atoms with E-state index in [4.69, 9.17) is 4.74 Å². The highest BCUT2D eigenvalue weighted by molar-refractivity contribution is 5.75. The molecule has 1 aliphatic heterocycles. The quantitative estimate of drug-likeness (QED) is 0.748. The largest absolute Gasteiger partial charge is 0.381 e. The number of aldehydes is 1. The van der Waals surface area contributed by atoms with Gasteiger partial charge in [0.15, 0.2) is 6.29 Å². The SMILES string of the molecule is COC1CCN(c2ncc(C=O)cc2C)CC1. The fraction of sp³-hybridized carbons (Fsp3) is 0.538. The summed E-state index contributed by atoms with van der Waals surface area (Å²) in [4.78, 5) is 17.3. The van der Waals surface area contributed by atoms with Gasteiger partial charge in [0.2, 0.25) is 0 Å². The lowest BCUT2D eigenvalue weighted by molar-refractivity contribution is 0.0818. The highest BCUT2D eigenvalue weighted by atomic mass is 16.5. The van der Waals surface area contributed by atoms with Crippen LogP contribution in [0.2, 0.25) is 0 Å². The first-order valence-corrected chi connectivity index (χ1v) is 5.94. The molecule has 0 unspecified atom stereocenters. The Balaban J connectivity index is 2.10. The maximum absolute atomic E-state index is 10.7. The molecule has 2 heterocycles. The van der Waals surface area contributed by atoms with Crippen molar-refractivity contribution in [1.82, 2.24) is 4.98 Å². The number of ether oxygens (including phenoxy) is 1. The van der Waals surface area contributed by atoms with Gasteiger partial charge in [-0.15, -0.1) is 0 Å². The molecule has 0 N–H and O–H groups in total. The fourth-order valence-electron chi connectivity index (χ4n) is 2.29. The lowest BCUT2D eigenvalue weighted by atomic mass is 10.1. The van der Waals surface area contributed by atoms with E-state index in [-0.39, 0.29) is 0 Å². The molecule has 1 fully saturated rings. The molecule has 2 rings (SSSR count). The lowest BCUT2D eigenvalue weighted by Gasteiger charge is -2.32. The second-order valence-corrected chi connectivity index (χ2v) is 4.45. The van der Waals surface area contributed by atoms with Crippen LogP contribution in [0.5, 0.6) is 0 Å². The third-order valence-electron chi connectivity index (χ3n) is 3.28. The first-order valence-electron chi connectivity index (χ1n) is 5.94. The second kappa shape index (κ2) is 5.27. The van der Waals surface area contributed by atoms with Crippen molar-refractivity contribution in [2.75, 3.05) is 25.1 Å². The number of rotatable bonds is 3. The van der Waals surface area contributed by atoms with Gasteiger partial charge in [0.1, 0.15) is 5.82 Å². The Morgan fingerprint density at radius 1 is 1.47 bits per heavy atom. The molecule has 17 heavy (non-hydrogen) atoms. The molecule has 92 valence electrons. The van der Waals surface area contributed by atoms with Crippen LogP contribution in [0.15, 0.2) is 12.3 Å². The van der Waals surface area contributed by atoms with Gasteiger partial charge in [-0.05, 0) is 31.4 Å². The zero-order chi connectivity index (χ0) is 12.3. The van der Waals surface area contributed by atoms with E-state index in [1.54, 1.807) is 13.3 Å². The molecular formula is C13H18N2O2. The summed E-state index contributed by atoms with van der Waals surface area (Å²) in [5, 5.41) is 0. The van der Waals surface area contributed by atoms with Gasteiger partial charge in [-0.2, -0.15) is 0 Å². The molecule has 4 heteroatoms. The van der Waals surface area contributed by atoms with Gasteiger partial charge in [-0.3, -0.25) is 4.79 Å². The molecule has 1 aromatic rings. The normalized spacial score (nSPS) is 17.2. The minimum absolute atomic E-state index is 0.376. The van der Waals surface area contributed by atoms with Gasteiger partial charge in [0.25, 0.3) is 0 Å². The summed E-state index contributed by atoms with van der Waals surface area (Å²) >= 11 is 0. The number of hydrogen-bond donors (Lipinski definition) is 0. The third kappa shape index (κ3) is 2.64. The van der Waals surface area contributed by atoms with Crippen LogP contribution in [0.4, 0.5) is 5.82 Å².